The highest BCUT2D eigenvalue weighted by Gasteiger charge is 2.14. The van der Waals surface area contributed by atoms with Gasteiger partial charge in [-0.3, -0.25) is 0 Å². The molecule has 3 rings (SSSR count). The number of nitrogens with two attached hydrogens (primary N) is 1. The molecule has 0 radical (unpaired) electrons. The molecular weight excluding hydrogens is 305 g/mol. The predicted molar refractivity (Wildman–Crippen MR) is 91.6 cm³/mol. The van der Waals surface area contributed by atoms with E-state index >= 15 is 0 Å². The maximum atomic E-state index is 13.0. The maximum absolute atomic E-state index is 13.0. The first-order valence-electron chi connectivity index (χ1n) is 8.10. The number of ether oxygens (including phenoxy) is 2. The molecule has 3 nitrogen and oxygen atoms in total. The minimum Gasteiger partial charge on any atom is -0.399 e. The second-order valence-corrected chi connectivity index (χ2v) is 5.78. The summed E-state index contributed by atoms with van der Waals surface area (Å²) in [5.74, 6) is 5.87. The average molecular weight is 325 g/mol. The first-order chi connectivity index (χ1) is 11.7. The molecular formula is C20H20FNO2. The number of nitrogen functional groups attached to an aromatic ring is 1. The number of benzene rings is 2. The summed E-state index contributed by atoms with van der Waals surface area (Å²) in [7, 11) is 0. The number of hydrogen-bond donors (Lipinski definition) is 1. The summed E-state index contributed by atoms with van der Waals surface area (Å²) in [4.78, 5) is 0. The number of rotatable bonds is 3. The van der Waals surface area contributed by atoms with E-state index in [0.717, 1.165) is 42.6 Å². The van der Waals surface area contributed by atoms with Gasteiger partial charge >= 0.3 is 0 Å². The van der Waals surface area contributed by atoms with E-state index in [9.17, 15) is 4.39 Å². The van der Waals surface area contributed by atoms with Gasteiger partial charge in [0.1, 0.15) is 5.82 Å². The number of anilines is 1. The van der Waals surface area contributed by atoms with Crippen LogP contribution in [0.1, 0.15) is 36.0 Å². The van der Waals surface area contributed by atoms with Gasteiger partial charge in [-0.2, -0.15) is 0 Å². The third-order valence-corrected chi connectivity index (χ3v) is 3.88. The van der Waals surface area contributed by atoms with Crippen molar-refractivity contribution in [1.82, 2.24) is 0 Å². The van der Waals surface area contributed by atoms with E-state index in [-0.39, 0.29) is 12.1 Å². The molecule has 4 heteroatoms. The highest BCUT2D eigenvalue weighted by molar-refractivity contribution is 5.53. The van der Waals surface area contributed by atoms with Crippen molar-refractivity contribution in [1.29, 1.82) is 0 Å². The van der Waals surface area contributed by atoms with Crippen molar-refractivity contribution in [3.05, 3.63) is 65.0 Å². The molecule has 24 heavy (non-hydrogen) atoms. The molecule has 1 aliphatic rings. The Labute approximate surface area is 141 Å². The smallest absolute Gasteiger partial charge is 0.158 e. The predicted octanol–water partition coefficient (Wildman–Crippen LogP) is 3.85. The van der Waals surface area contributed by atoms with Crippen molar-refractivity contribution in [3.8, 4) is 11.8 Å². The average Bonchev–Trinajstić information content (AvgIpc) is 2.61. The van der Waals surface area contributed by atoms with Gasteiger partial charge in [-0.1, -0.05) is 17.9 Å². The zero-order chi connectivity index (χ0) is 16.8. The molecule has 1 unspecified atom stereocenters. The van der Waals surface area contributed by atoms with E-state index in [1.807, 2.05) is 18.2 Å². The normalized spacial score (nSPS) is 17.1. The van der Waals surface area contributed by atoms with Crippen molar-refractivity contribution < 1.29 is 13.9 Å². The van der Waals surface area contributed by atoms with Crippen LogP contribution in [-0.4, -0.2) is 12.9 Å². The van der Waals surface area contributed by atoms with Crippen LogP contribution >= 0.6 is 0 Å². The SMILES string of the molecule is Nc1ccc(COC2CCCCO2)c(C#Cc2ccc(F)cc2)c1. The Kier molecular flexibility index (Phi) is 5.47. The Morgan fingerprint density at radius 2 is 1.96 bits per heavy atom. The van der Waals surface area contributed by atoms with Gasteiger partial charge in [0.25, 0.3) is 0 Å². The van der Waals surface area contributed by atoms with Crippen LogP contribution in [0.2, 0.25) is 0 Å². The second-order valence-electron chi connectivity index (χ2n) is 5.78. The molecule has 1 atom stereocenters. The van der Waals surface area contributed by atoms with Crippen LogP contribution in [0.15, 0.2) is 42.5 Å². The quantitative estimate of drug-likeness (QED) is 0.688. The van der Waals surface area contributed by atoms with E-state index < -0.39 is 0 Å². The van der Waals surface area contributed by atoms with Crippen LogP contribution < -0.4 is 5.73 Å². The molecule has 0 saturated carbocycles. The van der Waals surface area contributed by atoms with Gasteiger partial charge in [-0.15, -0.1) is 0 Å². The summed E-state index contributed by atoms with van der Waals surface area (Å²) in [6.45, 7) is 1.18. The molecule has 2 aromatic rings. The fourth-order valence-electron chi connectivity index (χ4n) is 2.53. The lowest BCUT2D eigenvalue weighted by molar-refractivity contribution is -0.168. The summed E-state index contributed by atoms with van der Waals surface area (Å²) < 4.78 is 24.4. The minimum atomic E-state index is -0.272. The van der Waals surface area contributed by atoms with E-state index in [1.54, 1.807) is 12.1 Å². The first-order valence-corrected chi connectivity index (χ1v) is 8.10. The zero-order valence-electron chi connectivity index (χ0n) is 13.4. The molecule has 2 N–H and O–H groups in total. The van der Waals surface area contributed by atoms with Gasteiger partial charge in [-0.05, 0) is 61.2 Å². The second kappa shape index (κ2) is 7.96. The lowest BCUT2D eigenvalue weighted by Gasteiger charge is -2.23. The van der Waals surface area contributed by atoms with Gasteiger partial charge in [0.15, 0.2) is 6.29 Å². The zero-order valence-corrected chi connectivity index (χ0v) is 13.4. The van der Waals surface area contributed by atoms with Gasteiger partial charge in [0, 0.05) is 23.4 Å². The van der Waals surface area contributed by atoms with Crippen LogP contribution in [0, 0.1) is 17.7 Å². The van der Waals surface area contributed by atoms with E-state index in [1.165, 1.54) is 12.1 Å². The first kappa shape index (κ1) is 16.5. The van der Waals surface area contributed by atoms with Crippen molar-refractivity contribution in [2.45, 2.75) is 32.2 Å². The third-order valence-electron chi connectivity index (χ3n) is 3.88. The van der Waals surface area contributed by atoms with Gasteiger partial charge < -0.3 is 15.2 Å². The molecule has 1 aliphatic heterocycles. The van der Waals surface area contributed by atoms with Crippen LogP contribution in [-0.2, 0) is 16.1 Å². The van der Waals surface area contributed by atoms with Crippen LogP contribution in [0.4, 0.5) is 10.1 Å². The Hall–Kier alpha value is -2.35. The molecule has 0 amide bonds. The Morgan fingerprint density at radius 3 is 2.71 bits per heavy atom. The molecule has 124 valence electrons. The van der Waals surface area contributed by atoms with Gasteiger partial charge in [0.2, 0.25) is 0 Å². The maximum Gasteiger partial charge on any atom is 0.158 e. The number of hydrogen-bond acceptors (Lipinski definition) is 3. The van der Waals surface area contributed by atoms with Crippen molar-refractivity contribution >= 4 is 5.69 Å². The third kappa shape index (κ3) is 4.58. The van der Waals surface area contributed by atoms with Crippen molar-refractivity contribution in [2.75, 3.05) is 12.3 Å². The molecule has 1 heterocycles. The van der Waals surface area contributed by atoms with Gasteiger partial charge in [0.05, 0.1) is 6.61 Å². The highest BCUT2D eigenvalue weighted by Crippen LogP contribution is 2.19. The minimum absolute atomic E-state index is 0.144. The lowest BCUT2D eigenvalue weighted by atomic mass is 10.1. The van der Waals surface area contributed by atoms with Gasteiger partial charge in [-0.25, -0.2) is 4.39 Å². The summed E-state index contributed by atoms with van der Waals surface area (Å²) in [6.07, 6.45) is 3.00. The van der Waals surface area contributed by atoms with Crippen molar-refractivity contribution in [3.63, 3.8) is 0 Å². The van der Waals surface area contributed by atoms with E-state index in [4.69, 9.17) is 15.2 Å². The molecule has 0 aliphatic carbocycles. The molecule has 2 aromatic carbocycles. The lowest BCUT2D eigenvalue weighted by Crippen LogP contribution is -2.22. The Balaban J connectivity index is 1.74. The standard InChI is InChI=1S/C20H20FNO2/c21-18-9-5-15(6-10-18)4-7-16-13-19(22)11-8-17(16)14-24-20-3-1-2-12-23-20/h5-6,8-11,13,20H,1-3,12,14,22H2. The molecule has 1 fully saturated rings. The monoisotopic (exact) mass is 325 g/mol. The highest BCUT2D eigenvalue weighted by atomic mass is 19.1. The fourth-order valence-corrected chi connectivity index (χ4v) is 2.53. The largest absolute Gasteiger partial charge is 0.399 e. The summed E-state index contributed by atoms with van der Waals surface area (Å²) in [5, 5.41) is 0. The van der Waals surface area contributed by atoms with Crippen LogP contribution in [0.3, 0.4) is 0 Å². The van der Waals surface area contributed by atoms with E-state index in [2.05, 4.69) is 11.8 Å². The number of halogens is 1. The Bertz CT molecular complexity index is 740. The summed E-state index contributed by atoms with van der Waals surface area (Å²) in [6, 6.07) is 11.7. The Morgan fingerprint density at radius 1 is 1.12 bits per heavy atom. The topological polar surface area (TPSA) is 44.5 Å². The molecule has 1 saturated heterocycles. The molecule has 0 bridgehead atoms. The summed E-state index contributed by atoms with van der Waals surface area (Å²) >= 11 is 0. The fraction of sp³-hybridized carbons (Fsp3) is 0.300. The van der Waals surface area contributed by atoms with E-state index in [0.29, 0.717) is 12.3 Å². The molecule has 0 aromatic heterocycles. The summed E-state index contributed by atoms with van der Waals surface area (Å²) in [5.41, 5.74) is 9.05. The van der Waals surface area contributed by atoms with Crippen LogP contribution in [0.25, 0.3) is 0 Å². The van der Waals surface area contributed by atoms with Crippen LogP contribution in [0.5, 0.6) is 0 Å². The van der Waals surface area contributed by atoms with Crippen molar-refractivity contribution in [2.24, 2.45) is 0 Å². The molecule has 0 spiro atoms.